The molecule has 0 radical (unpaired) electrons. The number of carbonyl (C=O) groups excluding carboxylic acids is 8. The standard InChI is InChI=1S/C56H79N5O13S/c1-33(2)26-42-53(66)71-38(10)50(63)59(12)45(29-36(7)8)56(69)74-47(31-40-20-22-41(23-21-40)70-32-48-57-24-25-75-48)52(65)61(14)43(27-34(3)4)54(67)72-37(9)49(62)58(11)44(28-35(5)6)55(68)73-46(51(64)60(42)13)30-39-18-16-15-17-19-39/h15-25,33-38,42-47H,26-32H2,1-14H3/t37-,38-,42+,43+,44+,45+,46-,47-/m1/s1. The average molecular weight is 1060 g/mol. The van der Waals surface area contributed by atoms with Gasteiger partial charge in [-0.2, -0.15) is 0 Å². The first-order chi connectivity index (χ1) is 35.3. The van der Waals surface area contributed by atoms with Gasteiger partial charge in [-0.15, -0.1) is 11.3 Å². The second-order valence-corrected chi connectivity index (χ2v) is 22.1. The van der Waals surface area contributed by atoms with Gasteiger partial charge >= 0.3 is 23.9 Å². The van der Waals surface area contributed by atoms with E-state index in [0.717, 1.165) is 24.6 Å². The maximum atomic E-state index is 14.9. The fourth-order valence-corrected chi connectivity index (χ4v) is 9.24. The Balaban J connectivity index is 1.84. The second-order valence-electron chi connectivity index (χ2n) is 21.1. The molecule has 1 aliphatic heterocycles. The van der Waals surface area contributed by atoms with E-state index in [1.165, 1.54) is 53.4 Å². The number of carbonyl (C=O) groups is 8. The number of cyclic esters (lactones) is 4. The molecular formula is C56H79N5O13S. The Morgan fingerprint density at radius 1 is 0.493 bits per heavy atom. The highest BCUT2D eigenvalue weighted by molar-refractivity contribution is 7.09. The molecule has 1 aliphatic rings. The highest BCUT2D eigenvalue weighted by atomic mass is 32.1. The summed E-state index contributed by atoms with van der Waals surface area (Å²) in [4.78, 5) is 125. The van der Waals surface area contributed by atoms with Gasteiger partial charge < -0.3 is 43.3 Å². The number of ether oxygens (including phenoxy) is 5. The lowest BCUT2D eigenvalue weighted by Gasteiger charge is -2.35. The number of nitrogens with zero attached hydrogens (tertiary/aromatic N) is 5. The van der Waals surface area contributed by atoms with Crippen LogP contribution in [0.4, 0.5) is 0 Å². The maximum absolute atomic E-state index is 14.9. The second kappa shape index (κ2) is 28.5. The van der Waals surface area contributed by atoms with Crippen LogP contribution in [-0.4, -0.2) is 149 Å². The normalized spacial score (nSPS) is 23.9. The minimum absolute atomic E-state index is 0.0824. The summed E-state index contributed by atoms with van der Waals surface area (Å²) >= 11 is 1.45. The molecule has 1 saturated heterocycles. The van der Waals surface area contributed by atoms with Crippen LogP contribution >= 0.6 is 11.3 Å². The largest absolute Gasteiger partial charge is 0.486 e. The van der Waals surface area contributed by atoms with Crippen LogP contribution in [0.2, 0.25) is 0 Å². The molecule has 0 saturated carbocycles. The monoisotopic (exact) mass is 1060 g/mol. The van der Waals surface area contributed by atoms with Crippen LogP contribution in [0.25, 0.3) is 0 Å². The van der Waals surface area contributed by atoms with Gasteiger partial charge in [0.15, 0.2) is 24.4 Å². The zero-order chi connectivity index (χ0) is 55.8. The van der Waals surface area contributed by atoms with E-state index in [0.29, 0.717) is 16.9 Å². The molecular weight excluding hydrogens is 983 g/mol. The summed E-state index contributed by atoms with van der Waals surface area (Å²) in [6, 6.07) is 10.6. The summed E-state index contributed by atoms with van der Waals surface area (Å²) < 4.78 is 29.9. The van der Waals surface area contributed by atoms with E-state index < -0.39 is 96.1 Å². The summed E-state index contributed by atoms with van der Waals surface area (Å²) in [5.74, 6) is -6.84. The first kappa shape index (κ1) is 61.2. The van der Waals surface area contributed by atoms with Gasteiger partial charge in [-0.3, -0.25) is 19.2 Å². The van der Waals surface area contributed by atoms with E-state index in [4.69, 9.17) is 23.7 Å². The summed E-state index contributed by atoms with van der Waals surface area (Å²) in [6.07, 6.45) is -4.18. The van der Waals surface area contributed by atoms with Crippen molar-refractivity contribution >= 4 is 58.8 Å². The fourth-order valence-electron chi connectivity index (χ4n) is 8.71. The van der Waals surface area contributed by atoms with Crippen LogP contribution in [-0.2, 0) is 76.8 Å². The van der Waals surface area contributed by atoms with Gasteiger partial charge in [-0.25, -0.2) is 24.2 Å². The van der Waals surface area contributed by atoms with Crippen molar-refractivity contribution in [3.8, 4) is 5.75 Å². The number of esters is 4. The summed E-state index contributed by atoms with van der Waals surface area (Å²) in [5, 5.41) is 2.62. The summed E-state index contributed by atoms with van der Waals surface area (Å²) in [5.41, 5.74) is 1.21. The number of hydrogen-bond acceptors (Lipinski definition) is 15. The lowest BCUT2D eigenvalue weighted by Crippen LogP contribution is -2.55. The van der Waals surface area contributed by atoms with Crippen molar-refractivity contribution in [3.63, 3.8) is 0 Å². The molecule has 0 spiro atoms. The van der Waals surface area contributed by atoms with Crippen molar-refractivity contribution in [1.29, 1.82) is 0 Å². The molecule has 19 heteroatoms. The quantitative estimate of drug-likeness (QED) is 0.115. The Morgan fingerprint density at radius 2 is 0.840 bits per heavy atom. The van der Waals surface area contributed by atoms with Crippen LogP contribution in [0, 0.1) is 23.7 Å². The molecule has 2 heterocycles. The molecule has 412 valence electrons. The molecule has 75 heavy (non-hydrogen) atoms. The van der Waals surface area contributed by atoms with Gasteiger partial charge in [0.25, 0.3) is 23.6 Å². The molecule has 1 aromatic heterocycles. The Labute approximate surface area is 446 Å². The van der Waals surface area contributed by atoms with Gasteiger partial charge in [0.1, 0.15) is 41.5 Å². The fraction of sp³-hybridized carbons (Fsp3) is 0.589. The molecule has 1 fully saturated rings. The van der Waals surface area contributed by atoms with Gasteiger partial charge in [0, 0.05) is 52.6 Å². The highest BCUT2D eigenvalue weighted by Crippen LogP contribution is 2.25. The lowest BCUT2D eigenvalue weighted by atomic mass is 10.00. The van der Waals surface area contributed by atoms with Crippen LogP contribution < -0.4 is 4.74 Å². The van der Waals surface area contributed by atoms with Gasteiger partial charge in [0.05, 0.1) is 0 Å². The Kier molecular flexibility index (Phi) is 23.3. The zero-order valence-corrected chi connectivity index (χ0v) is 47.0. The molecule has 0 unspecified atom stereocenters. The number of thiazole rings is 1. The maximum Gasteiger partial charge on any atom is 0.329 e. The predicted molar refractivity (Wildman–Crippen MR) is 282 cm³/mol. The van der Waals surface area contributed by atoms with Crippen molar-refractivity contribution in [1.82, 2.24) is 24.6 Å². The van der Waals surface area contributed by atoms with Crippen LogP contribution in [0.5, 0.6) is 5.75 Å². The van der Waals surface area contributed by atoms with E-state index >= 15 is 0 Å². The highest BCUT2D eigenvalue weighted by Gasteiger charge is 2.43. The lowest BCUT2D eigenvalue weighted by molar-refractivity contribution is -0.176. The first-order valence-corrected chi connectivity index (χ1v) is 26.7. The van der Waals surface area contributed by atoms with Crippen molar-refractivity contribution in [2.75, 3.05) is 28.2 Å². The third kappa shape index (κ3) is 17.9. The van der Waals surface area contributed by atoms with Crippen LogP contribution in [0.1, 0.15) is 111 Å². The van der Waals surface area contributed by atoms with Crippen molar-refractivity contribution in [3.05, 3.63) is 82.3 Å². The molecule has 0 aliphatic carbocycles. The Hall–Kier alpha value is -6.37. The van der Waals surface area contributed by atoms with E-state index in [-0.39, 0.29) is 68.8 Å². The van der Waals surface area contributed by atoms with Gasteiger partial charge in [0.2, 0.25) is 0 Å². The minimum Gasteiger partial charge on any atom is -0.486 e. The number of amides is 4. The van der Waals surface area contributed by atoms with Crippen LogP contribution in [0.15, 0.2) is 66.2 Å². The molecule has 4 rings (SSSR count). The topological polar surface area (TPSA) is 209 Å². The van der Waals surface area contributed by atoms with E-state index in [1.807, 2.05) is 60.8 Å². The SMILES string of the molecule is CC(C)C[C@H]1C(=O)O[C@H](Cc2ccc(OCc3nccs3)cc2)C(=O)N(C)[C@@H](CC(C)C)C(=O)O[C@H](C)C(=O)N(C)[C@@H](CC(C)C)C(=O)O[C@H](Cc2ccccc2)C(=O)N(C)[C@@H](CC(C)C)C(=O)O[C@H](C)C(=O)N1C. The minimum atomic E-state index is -1.55. The summed E-state index contributed by atoms with van der Waals surface area (Å²) in [6.45, 7) is 17.7. The van der Waals surface area contributed by atoms with Gasteiger partial charge in [-0.05, 0) is 86.5 Å². The molecule has 18 nitrogen and oxygen atoms in total. The smallest absolute Gasteiger partial charge is 0.329 e. The third-order valence-electron chi connectivity index (χ3n) is 12.9. The Morgan fingerprint density at radius 3 is 1.19 bits per heavy atom. The number of benzene rings is 2. The molecule has 4 amide bonds. The molecule has 0 bridgehead atoms. The molecule has 0 N–H and O–H groups in total. The molecule has 3 aromatic rings. The number of likely N-dealkylation sites (N-methyl/N-ethyl adjacent to an activating group) is 4. The van der Waals surface area contributed by atoms with E-state index in [1.54, 1.807) is 60.8 Å². The van der Waals surface area contributed by atoms with E-state index in [2.05, 4.69) is 4.98 Å². The van der Waals surface area contributed by atoms with Crippen molar-refractivity contribution in [2.24, 2.45) is 23.7 Å². The zero-order valence-electron chi connectivity index (χ0n) is 46.2. The average Bonchev–Trinajstić information content (AvgIpc) is 3.89. The van der Waals surface area contributed by atoms with Crippen molar-refractivity contribution < 1.29 is 62.0 Å². The van der Waals surface area contributed by atoms with E-state index in [9.17, 15) is 38.4 Å². The van der Waals surface area contributed by atoms with Crippen molar-refractivity contribution in [2.45, 2.75) is 163 Å². The number of rotatable bonds is 15. The number of aromatic nitrogens is 1. The number of hydrogen-bond donors (Lipinski definition) is 0. The van der Waals surface area contributed by atoms with Gasteiger partial charge in [-0.1, -0.05) is 97.9 Å². The third-order valence-corrected chi connectivity index (χ3v) is 13.7. The summed E-state index contributed by atoms with van der Waals surface area (Å²) in [7, 11) is 5.54. The Bertz CT molecular complexity index is 2360. The first-order valence-electron chi connectivity index (χ1n) is 25.8. The molecule has 8 atom stereocenters. The van der Waals surface area contributed by atoms with Crippen LogP contribution in [0.3, 0.4) is 0 Å². The predicted octanol–water partition coefficient (Wildman–Crippen LogP) is 6.70. The molecule has 2 aromatic carbocycles.